The van der Waals surface area contributed by atoms with Gasteiger partial charge in [0.05, 0.1) is 13.1 Å². The summed E-state index contributed by atoms with van der Waals surface area (Å²) in [5.41, 5.74) is 0.657. The molecule has 1 saturated heterocycles. The number of rotatable bonds is 3. The van der Waals surface area contributed by atoms with Crippen LogP contribution < -0.4 is 5.32 Å². The first-order chi connectivity index (χ1) is 8.86. The lowest BCUT2D eigenvalue weighted by molar-refractivity contribution is 0.0174. The number of alkyl halides is 3. The number of carbonyl (C=O) groups excluding carboxylic acids is 1. The van der Waals surface area contributed by atoms with Gasteiger partial charge in [-0.25, -0.2) is 18.0 Å². The summed E-state index contributed by atoms with van der Waals surface area (Å²) >= 11 is 0. The molecule has 1 fully saturated rings. The molecule has 0 unspecified atom stereocenters. The van der Waals surface area contributed by atoms with Crippen molar-refractivity contribution in [3.05, 3.63) is 35.4 Å². The summed E-state index contributed by atoms with van der Waals surface area (Å²) in [4.78, 5) is 12.9. The fraction of sp³-hybridized carbons (Fsp3) is 0.462. The molecule has 1 N–H and O–H groups in total. The van der Waals surface area contributed by atoms with Crippen molar-refractivity contribution in [1.82, 2.24) is 10.2 Å². The molecular weight excluding hydrogens is 257 g/mol. The van der Waals surface area contributed by atoms with Gasteiger partial charge in [0.15, 0.2) is 0 Å². The first-order valence-corrected chi connectivity index (χ1v) is 6.00. The van der Waals surface area contributed by atoms with E-state index < -0.39 is 12.1 Å². The third kappa shape index (κ3) is 3.39. The predicted octanol–water partition coefficient (Wildman–Crippen LogP) is 2.66. The van der Waals surface area contributed by atoms with Crippen LogP contribution in [0.25, 0.3) is 0 Å². The van der Waals surface area contributed by atoms with Crippen molar-refractivity contribution in [2.75, 3.05) is 13.1 Å². The topological polar surface area (TPSA) is 32.3 Å². The van der Waals surface area contributed by atoms with Crippen molar-refractivity contribution in [1.29, 1.82) is 0 Å². The molecule has 2 amide bonds. The molecule has 0 aliphatic carbocycles. The van der Waals surface area contributed by atoms with Gasteiger partial charge in [0, 0.05) is 19.0 Å². The Morgan fingerprint density at radius 1 is 1.37 bits per heavy atom. The molecule has 19 heavy (non-hydrogen) atoms. The maximum absolute atomic E-state index is 13.0. The molecule has 0 saturated carbocycles. The van der Waals surface area contributed by atoms with Crippen LogP contribution in [0.2, 0.25) is 0 Å². The molecular formula is C13H15F3N2O. The molecule has 2 rings (SSSR count). The lowest BCUT2D eigenvalue weighted by atomic mass is 10.1. The van der Waals surface area contributed by atoms with Crippen LogP contribution in [-0.4, -0.2) is 30.2 Å². The van der Waals surface area contributed by atoms with Gasteiger partial charge in [0.1, 0.15) is 6.17 Å². The molecule has 1 aromatic carbocycles. The molecule has 0 bridgehead atoms. The minimum absolute atomic E-state index is 0.0643. The van der Waals surface area contributed by atoms with Gasteiger partial charge in [-0.3, -0.25) is 0 Å². The number of nitrogens with zero attached hydrogens (tertiary/aromatic N) is 1. The Labute approximate surface area is 109 Å². The summed E-state index contributed by atoms with van der Waals surface area (Å²) < 4.78 is 38.5. The number of nitrogens with one attached hydrogen (secondary N) is 1. The van der Waals surface area contributed by atoms with Crippen LogP contribution in [0.4, 0.5) is 18.0 Å². The lowest BCUT2D eigenvalue weighted by Crippen LogP contribution is -2.54. The van der Waals surface area contributed by atoms with Crippen molar-refractivity contribution < 1.29 is 18.0 Å². The zero-order chi connectivity index (χ0) is 14.0. The summed E-state index contributed by atoms with van der Waals surface area (Å²) in [7, 11) is 0. The molecule has 0 radical (unpaired) electrons. The normalized spacial score (nSPS) is 16.1. The average Bonchev–Trinajstić information content (AvgIpc) is 2.31. The second-order valence-corrected chi connectivity index (χ2v) is 4.75. The van der Waals surface area contributed by atoms with Gasteiger partial charge in [-0.15, -0.1) is 0 Å². The van der Waals surface area contributed by atoms with E-state index in [1.165, 1.54) is 17.0 Å². The number of urea groups is 1. The molecule has 0 aromatic heterocycles. The summed E-state index contributed by atoms with van der Waals surface area (Å²) in [6, 6.07) is 5.42. The van der Waals surface area contributed by atoms with Gasteiger partial charge in [-0.2, -0.15) is 0 Å². The van der Waals surface area contributed by atoms with Crippen molar-refractivity contribution in [3.63, 3.8) is 0 Å². The Morgan fingerprint density at radius 3 is 2.42 bits per heavy atom. The zero-order valence-electron chi connectivity index (χ0n) is 10.5. The molecule has 1 aliphatic heterocycles. The number of hydrogen-bond acceptors (Lipinski definition) is 1. The fourth-order valence-corrected chi connectivity index (χ4v) is 1.80. The van der Waals surface area contributed by atoms with E-state index in [-0.39, 0.29) is 31.2 Å². The van der Waals surface area contributed by atoms with Crippen LogP contribution in [-0.2, 0) is 12.5 Å². The van der Waals surface area contributed by atoms with Gasteiger partial charge in [0.2, 0.25) is 0 Å². The van der Waals surface area contributed by atoms with E-state index in [9.17, 15) is 18.0 Å². The zero-order valence-corrected chi connectivity index (χ0v) is 10.5. The Morgan fingerprint density at radius 2 is 1.95 bits per heavy atom. The molecule has 1 heterocycles. The van der Waals surface area contributed by atoms with Gasteiger partial charge < -0.3 is 10.2 Å². The Hall–Kier alpha value is -1.72. The van der Waals surface area contributed by atoms with Crippen LogP contribution in [0.5, 0.6) is 0 Å². The molecule has 3 nitrogen and oxygen atoms in total. The first-order valence-electron chi connectivity index (χ1n) is 6.00. The van der Waals surface area contributed by atoms with E-state index in [2.05, 4.69) is 5.32 Å². The van der Waals surface area contributed by atoms with Crippen LogP contribution in [0, 0.1) is 0 Å². The summed E-state index contributed by atoms with van der Waals surface area (Å²) in [5.74, 6) is -2.87. The monoisotopic (exact) mass is 272 g/mol. The Bertz CT molecular complexity index is 450. The number of halogens is 3. The predicted molar refractivity (Wildman–Crippen MR) is 64.7 cm³/mol. The van der Waals surface area contributed by atoms with E-state index in [1.807, 2.05) is 0 Å². The highest BCUT2D eigenvalue weighted by atomic mass is 19.3. The minimum atomic E-state index is -2.87. The highest BCUT2D eigenvalue weighted by Gasteiger charge is 2.30. The quantitative estimate of drug-likeness (QED) is 0.901. The van der Waals surface area contributed by atoms with Crippen molar-refractivity contribution in [2.24, 2.45) is 0 Å². The van der Waals surface area contributed by atoms with Gasteiger partial charge in [0.25, 0.3) is 5.92 Å². The third-order valence-electron chi connectivity index (χ3n) is 3.03. The number of carbonyl (C=O) groups is 1. The van der Waals surface area contributed by atoms with Crippen LogP contribution in [0.1, 0.15) is 18.1 Å². The largest absolute Gasteiger partial charge is 0.334 e. The molecule has 104 valence electrons. The third-order valence-corrected chi connectivity index (χ3v) is 3.03. The number of hydrogen-bond donors (Lipinski definition) is 1. The van der Waals surface area contributed by atoms with E-state index in [1.54, 1.807) is 12.1 Å². The van der Waals surface area contributed by atoms with Gasteiger partial charge >= 0.3 is 6.03 Å². The highest BCUT2D eigenvalue weighted by molar-refractivity contribution is 5.75. The maximum Gasteiger partial charge on any atom is 0.317 e. The summed E-state index contributed by atoms with van der Waals surface area (Å²) in [6.07, 6.45) is -0.934. The standard InChI is InChI=1S/C13H15F3N2O/c1-13(15,16)10-4-2-9(3-5-10)6-17-12(19)18-7-11(14)8-18/h2-5,11H,6-8H2,1H3,(H,17,19). The van der Waals surface area contributed by atoms with Crippen molar-refractivity contribution in [3.8, 4) is 0 Å². The van der Waals surface area contributed by atoms with Gasteiger partial charge in [-0.1, -0.05) is 24.3 Å². The van der Waals surface area contributed by atoms with Crippen LogP contribution >= 0.6 is 0 Å². The van der Waals surface area contributed by atoms with Crippen LogP contribution in [0.15, 0.2) is 24.3 Å². The smallest absolute Gasteiger partial charge is 0.317 e. The number of amides is 2. The van der Waals surface area contributed by atoms with Crippen molar-refractivity contribution in [2.45, 2.75) is 25.6 Å². The van der Waals surface area contributed by atoms with Crippen molar-refractivity contribution >= 4 is 6.03 Å². The van der Waals surface area contributed by atoms with E-state index in [0.29, 0.717) is 0 Å². The Kier molecular flexibility index (Phi) is 3.68. The Balaban J connectivity index is 1.85. The van der Waals surface area contributed by atoms with Crippen LogP contribution in [0.3, 0.4) is 0 Å². The lowest BCUT2D eigenvalue weighted by Gasteiger charge is -2.34. The minimum Gasteiger partial charge on any atom is -0.334 e. The van der Waals surface area contributed by atoms with Gasteiger partial charge in [-0.05, 0) is 5.56 Å². The SMILES string of the molecule is CC(F)(F)c1ccc(CNC(=O)N2CC(F)C2)cc1. The molecule has 1 aliphatic rings. The fourth-order valence-electron chi connectivity index (χ4n) is 1.80. The van der Waals surface area contributed by atoms with E-state index in [0.717, 1.165) is 12.5 Å². The first kappa shape index (κ1) is 13.7. The summed E-state index contributed by atoms with van der Waals surface area (Å²) in [5, 5.41) is 2.61. The summed E-state index contributed by atoms with van der Waals surface area (Å²) in [6.45, 7) is 1.31. The number of likely N-dealkylation sites (tertiary alicyclic amines) is 1. The molecule has 6 heteroatoms. The molecule has 0 atom stereocenters. The second kappa shape index (κ2) is 5.11. The molecule has 0 spiro atoms. The average molecular weight is 272 g/mol. The molecule has 1 aromatic rings. The highest BCUT2D eigenvalue weighted by Crippen LogP contribution is 2.26. The maximum atomic E-state index is 13.0. The number of benzene rings is 1. The second-order valence-electron chi connectivity index (χ2n) is 4.75. The van der Waals surface area contributed by atoms with E-state index in [4.69, 9.17) is 0 Å². The van der Waals surface area contributed by atoms with E-state index >= 15 is 0 Å².